The Morgan fingerprint density at radius 1 is 1.06 bits per heavy atom. The third-order valence-electron chi connectivity index (χ3n) is 3.70. The number of hydrogen-bond donors (Lipinski definition) is 1. The maximum absolute atomic E-state index is 14.5. The first-order chi connectivity index (χ1) is 14.0. The lowest BCUT2D eigenvalue weighted by Gasteiger charge is -2.39. The van der Waals surface area contributed by atoms with E-state index < -0.39 is 58.8 Å². The lowest BCUT2D eigenvalue weighted by atomic mass is 10.2. The smallest absolute Gasteiger partial charge is 0.430 e. The predicted octanol–water partition coefficient (Wildman–Crippen LogP) is 4.14. The maximum Gasteiger partial charge on any atom is 0.430 e. The number of aryl methyl sites for hydroxylation is 1. The number of halogens is 3. The van der Waals surface area contributed by atoms with Crippen LogP contribution in [0.2, 0.25) is 0 Å². The van der Waals surface area contributed by atoms with Crippen LogP contribution in [0, 0.1) is 6.92 Å². The van der Waals surface area contributed by atoms with Gasteiger partial charge in [-0.1, -0.05) is 17.7 Å². The van der Waals surface area contributed by atoms with Crippen LogP contribution in [0.1, 0.15) is 40.2 Å². The van der Waals surface area contributed by atoms with Gasteiger partial charge in [-0.3, -0.25) is 4.57 Å². The molecule has 0 heterocycles. The van der Waals surface area contributed by atoms with Crippen LogP contribution in [0.3, 0.4) is 0 Å². The van der Waals surface area contributed by atoms with Crippen molar-refractivity contribution in [3.8, 4) is 0 Å². The molecule has 13 heteroatoms. The first-order valence-electron chi connectivity index (χ1n) is 9.34. The van der Waals surface area contributed by atoms with Gasteiger partial charge in [-0.15, -0.1) is 0 Å². The van der Waals surface area contributed by atoms with E-state index in [2.05, 4.69) is 4.74 Å². The number of sulfonamides is 1. The van der Waals surface area contributed by atoms with E-state index in [1.54, 1.807) is 6.92 Å². The van der Waals surface area contributed by atoms with Crippen LogP contribution in [-0.2, 0) is 33.2 Å². The average Bonchev–Trinajstić information content (AvgIpc) is 2.57. The van der Waals surface area contributed by atoms with Gasteiger partial charge in [0.15, 0.2) is 0 Å². The summed E-state index contributed by atoms with van der Waals surface area (Å²) in [6.07, 6.45) is -8.00. The monoisotopic (exact) mass is 489 g/mol. The van der Waals surface area contributed by atoms with Crippen molar-refractivity contribution in [3.05, 3.63) is 29.8 Å². The lowest BCUT2D eigenvalue weighted by Crippen LogP contribution is -2.64. The molecule has 0 aliphatic heterocycles. The number of esters is 1. The van der Waals surface area contributed by atoms with Crippen molar-refractivity contribution in [2.75, 3.05) is 6.61 Å². The Balaban J connectivity index is 3.89. The molecule has 0 saturated heterocycles. The van der Waals surface area contributed by atoms with Gasteiger partial charge < -0.3 is 13.8 Å². The van der Waals surface area contributed by atoms with Crippen molar-refractivity contribution < 1.29 is 44.7 Å². The van der Waals surface area contributed by atoms with Crippen LogP contribution in [0.25, 0.3) is 0 Å². The van der Waals surface area contributed by atoms with Gasteiger partial charge in [0, 0.05) is 0 Å². The van der Waals surface area contributed by atoms with Gasteiger partial charge in [0.1, 0.15) is 0 Å². The van der Waals surface area contributed by atoms with Gasteiger partial charge in [0.25, 0.3) is 0 Å². The Kier molecular flexibility index (Phi) is 8.89. The molecule has 1 N–H and O–H groups in total. The number of carbonyl (C=O) groups excluding carboxylic acids is 1. The molecule has 1 atom stereocenters. The highest BCUT2D eigenvalue weighted by Crippen LogP contribution is 2.66. The highest BCUT2D eigenvalue weighted by Gasteiger charge is 2.76. The van der Waals surface area contributed by atoms with E-state index in [1.165, 1.54) is 51.5 Å². The van der Waals surface area contributed by atoms with Crippen LogP contribution >= 0.6 is 7.60 Å². The molecule has 0 fully saturated rings. The summed E-state index contributed by atoms with van der Waals surface area (Å²) < 4.78 is 98.6. The van der Waals surface area contributed by atoms with Crippen molar-refractivity contribution in [2.24, 2.45) is 0 Å². The Labute approximate surface area is 180 Å². The molecule has 31 heavy (non-hydrogen) atoms. The molecule has 0 spiro atoms. The van der Waals surface area contributed by atoms with Gasteiger partial charge >= 0.3 is 25.0 Å². The molecule has 178 valence electrons. The number of benzene rings is 1. The highest BCUT2D eigenvalue weighted by atomic mass is 32.2. The fraction of sp³-hybridized carbons (Fsp3) is 0.611. The molecule has 0 radical (unpaired) electrons. The lowest BCUT2D eigenvalue weighted by molar-refractivity contribution is -0.195. The van der Waals surface area contributed by atoms with Gasteiger partial charge in [-0.2, -0.15) is 17.9 Å². The molecule has 0 aliphatic rings. The van der Waals surface area contributed by atoms with E-state index in [4.69, 9.17) is 9.05 Å². The summed E-state index contributed by atoms with van der Waals surface area (Å²) in [7, 11) is -10.6. The second-order valence-electron chi connectivity index (χ2n) is 7.15. The summed E-state index contributed by atoms with van der Waals surface area (Å²) in [6, 6.07) is 4.79. The van der Waals surface area contributed by atoms with E-state index >= 15 is 0 Å². The zero-order chi connectivity index (χ0) is 24.3. The SMILES string of the molecule is CCOC(=O)[C@](NS(=O)(=O)c1ccc(C)cc1)(C(F)(F)F)P(=O)(OC(C)C)OC(C)C. The first-order valence-corrected chi connectivity index (χ1v) is 12.4. The molecular weight excluding hydrogens is 462 g/mol. The van der Waals surface area contributed by atoms with Gasteiger partial charge in [-0.25, -0.2) is 13.2 Å². The van der Waals surface area contributed by atoms with E-state index in [-0.39, 0.29) is 0 Å². The molecule has 1 aromatic carbocycles. The van der Waals surface area contributed by atoms with E-state index in [0.717, 1.165) is 12.1 Å². The van der Waals surface area contributed by atoms with Crippen LogP contribution in [0.15, 0.2) is 29.2 Å². The number of ether oxygens (including phenoxy) is 1. The standard InChI is InChI=1S/C18H27F3NO7PS/c1-7-27-16(23)17(18(19,20)21,30(24,28-12(2)3)29-13(4)5)22-31(25,26)15-10-8-14(6)9-11-15/h8-13,22H,7H2,1-6H3/t17-/m1/s1. The number of nitrogens with one attached hydrogen (secondary N) is 1. The largest absolute Gasteiger partial charge is 0.464 e. The minimum atomic E-state index is -5.75. The van der Waals surface area contributed by atoms with Crippen LogP contribution in [0.4, 0.5) is 13.2 Å². The van der Waals surface area contributed by atoms with Crippen LogP contribution in [-0.4, -0.2) is 44.7 Å². The van der Waals surface area contributed by atoms with Crippen molar-refractivity contribution >= 4 is 23.6 Å². The minimum absolute atomic E-state index is 0.549. The fourth-order valence-electron chi connectivity index (χ4n) is 2.48. The Bertz CT molecular complexity index is 903. The van der Waals surface area contributed by atoms with E-state index in [1.807, 2.05) is 0 Å². The van der Waals surface area contributed by atoms with Gasteiger partial charge in [0.2, 0.25) is 10.0 Å². The molecule has 0 amide bonds. The molecule has 0 bridgehead atoms. The van der Waals surface area contributed by atoms with Gasteiger partial charge in [-0.05, 0) is 53.7 Å². The number of alkyl halides is 3. The first kappa shape index (κ1) is 27.6. The molecule has 0 aromatic heterocycles. The second kappa shape index (κ2) is 9.99. The minimum Gasteiger partial charge on any atom is -0.464 e. The number of rotatable bonds is 10. The normalized spacial score (nSPS) is 15.2. The van der Waals surface area contributed by atoms with Crippen molar-refractivity contribution in [3.63, 3.8) is 0 Å². The maximum atomic E-state index is 14.5. The van der Waals surface area contributed by atoms with Crippen molar-refractivity contribution in [2.45, 2.75) is 70.1 Å². The highest BCUT2D eigenvalue weighted by molar-refractivity contribution is 7.90. The number of hydrogen-bond acceptors (Lipinski definition) is 7. The fourth-order valence-corrected chi connectivity index (χ4v) is 6.57. The summed E-state index contributed by atoms with van der Waals surface area (Å²) in [5.74, 6) is -2.15. The van der Waals surface area contributed by atoms with E-state index in [9.17, 15) is 30.9 Å². The zero-order valence-corrected chi connectivity index (χ0v) is 19.7. The third-order valence-corrected chi connectivity index (χ3v) is 8.09. The quantitative estimate of drug-likeness (QED) is 0.389. The molecule has 1 rings (SSSR count). The summed E-state index contributed by atoms with van der Waals surface area (Å²) in [6.45, 7) is 7.35. The zero-order valence-electron chi connectivity index (χ0n) is 18.0. The second-order valence-corrected chi connectivity index (χ2v) is 10.9. The Morgan fingerprint density at radius 2 is 1.52 bits per heavy atom. The summed E-state index contributed by atoms with van der Waals surface area (Å²) in [4.78, 5) is 12.1. The third kappa shape index (κ3) is 6.07. The molecule has 0 unspecified atom stereocenters. The molecule has 8 nitrogen and oxygen atoms in total. The van der Waals surface area contributed by atoms with Crippen molar-refractivity contribution in [1.82, 2.24) is 4.72 Å². The topological polar surface area (TPSA) is 108 Å². The molecule has 0 aliphatic carbocycles. The summed E-state index contributed by atoms with van der Waals surface area (Å²) >= 11 is 0. The van der Waals surface area contributed by atoms with E-state index in [0.29, 0.717) is 5.56 Å². The predicted molar refractivity (Wildman–Crippen MR) is 107 cm³/mol. The molecule has 0 saturated carbocycles. The molecule has 1 aromatic rings. The summed E-state index contributed by atoms with van der Waals surface area (Å²) in [5, 5.41) is -4.34. The Morgan fingerprint density at radius 3 is 1.87 bits per heavy atom. The molecular formula is C18H27F3NO7PS. The van der Waals surface area contributed by atoms with Crippen LogP contribution < -0.4 is 4.72 Å². The summed E-state index contributed by atoms with van der Waals surface area (Å²) in [5.41, 5.74) is 0.642. The van der Waals surface area contributed by atoms with Gasteiger partial charge in [0.05, 0.1) is 23.7 Å². The van der Waals surface area contributed by atoms with Crippen LogP contribution in [0.5, 0.6) is 0 Å². The average molecular weight is 489 g/mol. The Hall–Kier alpha value is -1.46. The number of carbonyl (C=O) groups is 1. The van der Waals surface area contributed by atoms with Crippen molar-refractivity contribution in [1.29, 1.82) is 0 Å².